The zero-order valence-corrected chi connectivity index (χ0v) is 10.2. The van der Waals surface area contributed by atoms with E-state index in [-0.39, 0.29) is 5.60 Å². The molecule has 3 atom stereocenters. The van der Waals surface area contributed by atoms with Crippen molar-refractivity contribution in [2.75, 3.05) is 6.54 Å². The highest BCUT2D eigenvalue weighted by atomic mass is 16.5. The molecule has 2 heteroatoms. The van der Waals surface area contributed by atoms with Crippen LogP contribution in [0.2, 0.25) is 0 Å². The van der Waals surface area contributed by atoms with Crippen molar-refractivity contribution in [1.82, 2.24) is 0 Å². The van der Waals surface area contributed by atoms with Gasteiger partial charge in [-0.2, -0.15) is 0 Å². The fraction of sp³-hybridized carbons (Fsp3) is 0.600. The molecule has 2 nitrogen and oxygen atoms in total. The van der Waals surface area contributed by atoms with E-state index in [0.717, 1.165) is 11.7 Å². The average molecular weight is 230 g/mol. The maximum Gasteiger partial charge on any atom is 0.129 e. The topological polar surface area (TPSA) is 25.8 Å². The van der Waals surface area contributed by atoms with E-state index in [2.05, 4.69) is 29.6 Å². The lowest BCUT2D eigenvalue weighted by atomic mass is 9.65. The Morgan fingerprint density at radius 3 is 3.12 bits per heavy atom. The Morgan fingerprint density at radius 2 is 2.12 bits per heavy atom. The Morgan fingerprint density at radius 1 is 1.18 bits per heavy atom. The number of hydrogen-bond donors (Lipinski definition) is 1. The second-order valence-electron chi connectivity index (χ2n) is 5.86. The Kier molecular flexibility index (Phi) is 2.04. The number of benzene rings is 1. The molecular weight excluding hydrogens is 210 g/mol. The summed E-state index contributed by atoms with van der Waals surface area (Å²) < 4.78 is 6.47. The van der Waals surface area contributed by atoms with E-state index in [1.165, 1.54) is 44.2 Å². The van der Waals surface area contributed by atoms with Gasteiger partial charge in [-0.1, -0.05) is 18.6 Å². The van der Waals surface area contributed by atoms with Crippen LogP contribution in [0.5, 0.6) is 5.75 Å². The zero-order valence-electron chi connectivity index (χ0n) is 10.2. The summed E-state index contributed by atoms with van der Waals surface area (Å²) in [4.78, 5) is 0. The van der Waals surface area contributed by atoms with Crippen molar-refractivity contribution >= 4 is 0 Å². The Hall–Kier alpha value is -1.02. The van der Waals surface area contributed by atoms with Crippen molar-refractivity contribution in [2.45, 2.75) is 43.7 Å². The molecule has 1 saturated carbocycles. The predicted octanol–water partition coefficient (Wildman–Crippen LogP) is 2.02. The van der Waals surface area contributed by atoms with Crippen LogP contribution in [0.4, 0.5) is 0 Å². The first-order valence-electron chi connectivity index (χ1n) is 7.00. The summed E-state index contributed by atoms with van der Waals surface area (Å²) >= 11 is 0. The molecule has 2 bridgehead atoms. The van der Waals surface area contributed by atoms with Gasteiger partial charge in [0.2, 0.25) is 0 Å². The number of rotatable bonds is 0. The van der Waals surface area contributed by atoms with E-state index < -0.39 is 0 Å². The average Bonchev–Trinajstić information content (AvgIpc) is 2.38. The number of nitrogens with two attached hydrogens (primary N) is 1. The molecule has 17 heavy (non-hydrogen) atoms. The van der Waals surface area contributed by atoms with Crippen LogP contribution in [0, 0.1) is 5.92 Å². The first kappa shape index (κ1) is 9.95. The molecule has 0 unspecified atom stereocenters. The van der Waals surface area contributed by atoms with Crippen LogP contribution in [-0.2, 0) is 0 Å². The van der Waals surface area contributed by atoms with Crippen LogP contribution < -0.4 is 10.1 Å². The van der Waals surface area contributed by atoms with Gasteiger partial charge < -0.3 is 10.1 Å². The largest absolute Gasteiger partial charge is 0.486 e. The molecule has 2 heterocycles. The van der Waals surface area contributed by atoms with Crippen molar-refractivity contribution < 1.29 is 10.1 Å². The lowest BCUT2D eigenvalue weighted by Crippen LogP contribution is -2.92. The summed E-state index contributed by atoms with van der Waals surface area (Å²) in [7, 11) is 0. The lowest BCUT2D eigenvalue weighted by Gasteiger charge is -2.52. The van der Waals surface area contributed by atoms with Crippen molar-refractivity contribution in [3.8, 4) is 5.75 Å². The van der Waals surface area contributed by atoms with E-state index in [0.29, 0.717) is 6.04 Å². The van der Waals surface area contributed by atoms with Crippen LogP contribution >= 0.6 is 0 Å². The quantitative estimate of drug-likeness (QED) is 0.725. The zero-order chi connectivity index (χ0) is 11.3. The van der Waals surface area contributed by atoms with E-state index in [1.807, 2.05) is 0 Å². The third-order valence-electron chi connectivity index (χ3n) is 5.05. The third kappa shape index (κ3) is 1.30. The van der Waals surface area contributed by atoms with Gasteiger partial charge in [0.1, 0.15) is 17.4 Å². The Labute approximate surface area is 102 Å². The molecule has 3 aliphatic rings. The van der Waals surface area contributed by atoms with Gasteiger partial charge in [-0.15, -0.1) is 0 Å². The molecule has 0 amide bonds. The molecule has 1 aromatic rings. The Bertz CT molecular complexity index is 440. The summed E-state index contributed by atoms with van der Waals surface area (Å²) in [6.45, 7) is 1.23. The van der Waals surface area contributed by atoms with Crippen molar-refractivity contribution in [3.05, 3.63) is 29.8 Å². The van der Waals surface area contributed by atoms with Crippen molar-refractivity contribution in [1.29, 1.82) is 0 Å². The second kappa shape index (κ2) is 3.49. The van der Waals surface area contributed by atoms with Crippen LogP contribution in [0.3, 0.4) is 0 Å². The highest BCUT2D eigenvalue weighted by molar-refractivity contribution is 5.39. The smallest absolute Gasteiger partial charge is 0.129 e. The first-order valence-corrected chi connectivity index (χ1v) is 7.00. The molecule has 1 aliphatic carbocycles. The molecule has 2 N–H and O–H groups in total. The maximum atomic E-state index is 6.47. The summed E-state index contributed by atoms with van der Waals surface area (Å²) in [5, 5.41) is 2.55. The normalized spacial score (nSPS) is 38.8. The van der Waals surface area contributed by atoms with Gasteiger partial charge >= 0.3 is 0 Å². The van der Waals surface area contributed by atoms with Crippen molar-refractivity contribution in [2.24, 2.45) is 5.92 Å². The fourth-order valence-corrected chi connectivity index (χ4v) is 4.31. The minimum atomic E-state index is 0.187. The fourth-order valence-electron chi connectivity index (χ4n) is 4.31. The number of fused-ring (bicyclic) bond motifs is 2. The molecule has 2 fully saturated rings. The molecule has 2 aliphatic heterocycles. The summed E-state index contributed by atoms with van der Waals surface area (Å²) in [6, 6.07) is 9.34. The van der Waals surface area contributed by atoms with Gasteiger partial charge in [0, 0.05) is 6.42 Å². The van der Waals surface area contributed by atoms with E-state index in [4.69, 9.17) is 4.74 Å². The minimum absolute atomic E-state index is 0.187. The van der Waals surface area contributed by atoms with Gasteiger partial charge in [-0.05, 0) is 31.4 Å². The van der Waals surface area contributed by atoms with Gasteiger partial charge in [-0.3, -0.25) is 0 Å². The molecule has 0 spiro atoms. The lowest BCUT2D eigenvalue weighted by molar-refractivity contribution is -0.721. The highest BCUT2D eigenvalue weighted by Gasteiger charge is 2.55. The van der Waals surface area contributed by atoms with Crippen LogP contribution in [-0.4, -0.2) is 12.1 Å². The van der Waals surface area contributed by atoms with Gasteiger partial charge in [-0.25, -0.2) is 0 Å². The van der Waals surface area contributed by atoms with Crippen molar-refractivity contribution in [3.63, 3.8) is 0 Å². The van der Waals surface area contributed by atoms with E-state index in [1.54, 1.807) is 0 Å². The maximum absolute atomic E-state index is 6.47. The van der Waals surface area contributed by atoms with E-state index in [9.17, 15) is 0 Å². The number of para-hydroxylation sites is 1. The van der Waals surface area contributed by atoms with Gasteiger partial charge in [0.05, 0.1) is 18.0 Å². The molecule has 90 valence electrons. The van der Waals surface area contributed by atoms with Crippen LogP contribution in [0.25, 0.3) is 0 Å². The van der Waals surface area contributed by atoms with Crippen LogP contribution in [0.15, 0.2) is 24.3 Å². The second-order valence-corrected chi connectivity index (χ2v) is 5.86. The van der Waals surface area contributed by atoms with Crippen LogP contribution in [0.1, 0.15) is 43.7 Å². The number of quaternary nitrogens is 1. The number of ether oxygens (including phenoxy) is 1. The number of hydrogen-bond acceptors (Lipinski definition) is 1. The molecule has 0 radical (unpaired) electrons. The SMILES string of the molecule is c1ccc2c(c1)O[C@@]13CCCC[C@@H]1[C@@H]2[NH2+]CC3. The first-order chi connectivity index (χ1) is 8.39. The Balaban J connectivity index is 1.85. The third-order valence-corrected chi connectivity index (χ3v) is 5.05. The predicted molar refractivity (Wildman–Crippen MR) is 65.9 cm³/mol. The van der Waals surface area contributed by atoms with Gasteiger partial charge in [0.25, 0.3) is 0 Å². The summed E-state index contributed by atoms with van der Waals surface area (Å²) in [6.07, 6.45) is 6.61. The molecule has 1 aromatic carbocycles. The molecule has 1 saturated heterocycles. The molecule has 0 aromatic heterocycles. The standard InChI is InChI=1S/C15H19NO/c1-2-7-13-11(5-1)14-12-6-3-4-8-15(12,17-13)9-10-16-14/h1-2,5,7,12,14,16H,3-4,6,8-10H2/p+1/t12-,14-,15-/m1/s1. The summed E-state index contributed by atoms with van der Waals surface area (Å²) in [5.41, 5.74) is 1.63. The monoisotopic (exact) mass is 230 g/mol. The molecular formula is C15H20NO+. The number of piperidine rings is 1. The molecule has 4 rings (SSSR count). The summed E-state index contributed by atoms with van der Waals surface area (Å²) in [5.74, 6) is 1.91. The van der Waals surface area contributed by atoms with Gasteiger partial charge in [0.15, 0.2) is 0 Å². The highest BCUT2D eigenvalue weighted by Crippen LogP contribution is 2.51. The van der Waals surface area contributed by atoms with E-state index >= 15 is 0 Å². The minimum Gasteiger partial charge on any atom is -0.486 e.